The third kappa shape index (κ3) is 3.83. The molecular formula is C15H18F2N2O4. The summed E-state index contributed by atoms with van der Waals surface area (Å²) in [5.41, 5.74) is -1.85. The van der Waals surface area contributed by atoms with Crippen LogP contribution in [0.25, 0.3) is 0 Å². The predicted octanol–water partition coefficient (Wildman–Crippen LogP) is 0.0388. The van der Waals surface area contributed by atoms with Crippen molar-refractivity contribution in [2.45, 2.75) is 25.0 Å². The molecule has 2 atom stereocenters. The Hall–Kier alpha value is -2.06. The van der Waals surface area contributed by atoms with Crippen LogP contribution in [0.5, 0.6) is 0 Å². The number of aliphatic hydroxyl groups is 2. The van der Waals surface area contributed by atoms with Gasteiger partial charge in [-0.2, -0.15) is 0 Å². The number of amides is 2. The van der Waals surface area contributed by atoms with Crippen LogP contribution in [0.2, 0.25) is 0 Å². The fraction of sp³-hybridized carbons (Fsp3) is 0.467. The van der Waals surface area contributed by atoms with Crippen LogP contribution < -0.4 is 5.32 Å². The van der Waals surface area contributed by atoms with Gasteiger partial charge < -0.3 is 20.4 Å². The predicted molar refractivity (Wildman–Crippen MR) is 76.5 cm³/mol. The summed E-state index contributed by atoms with van der Waals surface area (Å²) < 4.78 is 26.6. The number of nitrogens with zero attached hydrogens (tertiary/aromatic N) is 1. The quantitative estimate of drug-likeness (QED) is 0.731. The minimum atomic E-state index is -1.55. The number of hydrogen-bond donors (Lipinski definition) is 3. The van der Waals surface area contributed by atoms with Gasteiger partial charge in [-0.3, -0.25) is 9.59 Å². The van der Waals surface area contributed by atoms with E-state index in [1.165, 1.54) is 11.8 Å². The molecule has 6 nitrogen and oxygen atoms in total. The molecule has 0 spiro atoms. The summed E-state index contributed by atoms with van der Waals surface area (Å²) in [6.07, 6.45) is -1.28. The molecule has 0 saturated carbocycles. The lowest BCUT2D eigenvalue weighted by molar-refractivity contribution is -0.127. The zero-order chi connectivity index (χ0) is 17.2. The average Bonchev–Trinajstić information content (AvgIpc) is 2.48. The highest BCUT2D eigenvalue weighted by atomic mass is 19.1. The Balaban J connectivity index is 2.07. The van der Waals surface area contributed by atoms with Crippen molar-refractivity contribution in [2.24, 2.45) is 0 Å². The standard InChI is InChI=1S/C15H18F2N2O4/c1-9(20)18-8-15(23)4-5-19(7-13(15)21)14(22)11-3-2-10(16)6-12(11)17/h2-3,6,13,21,23H,4-5,7-8H2,1H3,(H,18,20)/t13-,15-/m1/s1. The van der Waals surface area contributed by atoms with E-state index in [9.17, 15) is 28.6 Å². The number of halogens is 2. The molecule has 126 valence electrons. The zero-order valence-corrected chi connectivity index (χ0v) is 12.6. The lowest BCUT2D eigenvalue weighted by atomic mass is 9.88. The van der Waals surface area contributed by atoms with E-state index in [1.807, 2.05) is 0 Å². The highest BCUT2D eigenvalue weighted by Crippen LogP contribution is 2.24. The number of hydrogen-bond acceptors (Lipinski definition) is 4. The highest BCUT2D eigenvalue weighted by Gasteiger charge is 2.42. The molecule has 1 aromatic rings. The minimum absolute atomic E-state index is 0.0169. The minimum Gasteiger partial charge on any atom is -0.388 e. The topological polar surface area (TPSA) is 89.9 Å². The third-order valence-electron chi connectivity index (χ3n) is 3.92. The van der Waals surface area contributed by atoms with E-state index in [1.54, 1.807) is 0 Å². The molecule has 23 heavy (non-hydrogen) atoms. The van der Waals surface area contributed by atoms with Gasteiger partial charge in [0.15, 0.2) is 0 Å². The number of benzene rings is 1. The van der Waals surface area contributed by atoms with Crippen LogP contribution in [-0.2, 0) is 4.79 Å². The summed E-state index contributed by atoms with van der Waals surface area (Å²) in [5, 5.41) is 22.8. The maximum absolute atomic E-state index is 13.7. The second-order valence-electron chi connectivity index (χ2n) is 5.65. The molecule has 1 heterocycles. The Morgan fingerprint density at radius 2 is 2.13 bits per heavy atom. The van der Waals surface area contributed by atoms with Gasteiger partial charge in [0.2, 0.25) is 5.91 Å². The van der Waals surface area contributed by atoms with Crippen molar-refractivity contribution < 1.29 is 28.6 Å². The van der Waals surface area contributed by atoms with Crippen LogP contribution in [0.3, 0.4) is 0 Å². The van der Waals surface area contributed by atoms with E-state index in [2.05, 4.69) is 5.32 Å². The second-order valence-corrected chi connectivity index (χ2v) is 5.65. The molecule has 0 bridgehead atoms. The first-order valence-corrected chi connectivity index (χ1v) is 7.12. The summed E-state index contributed by atoms with van der Waals surface area (Å²) in [6, 6.07) is 2.63. The van der Waals surface area contributed by atoms with Crippen molar-refractivity contribution in [3.63, 3.8) is 0 Å². The summed E-state index contributed by atoms with van der Waals surface area (Å²) in [6.45, 7) is 0.997. The molecule has 1 saturated heterocycles. The molecule has 0 unspecified atom stereocenters. The van der Waals surface area contributed by atoms with Gasteiger partial charge in [0, 0.05) is 32.6 Å². The summed E-state index contributed by atoms with van der Waals surface area (Å²) in [7, 11) is 0. The first kappa shape index (κ1) is 17.3. The van der Waals surface area contributed by atoms with Crippen molar-refractivity contribution in [3.05, 3.63) is 35.4 Å². The Labute approximate surface area is 131 Å². The van der Waals surface area contributed by atoms with Gasteiger partial charge in [0.05, 0.1) is 5.56 Å². The van der Waals surface area contributed by atoms with E-state index in [0.717, 1.165) is 12.1 Å². The van der Waals surface area contributed by atoms with Crippen LogP contribution in [0.1, 0.15) is 23.7 Å². The van der Waals surface area contributed by atoms with Crippen molar-refractivity contribution in [1.29, 1.82) is 0 Å². The monoisotopic (exact) mass is 328 g/mol. The van der Waals surface area contributed by atoms with Crippen LogP contribution in [0.4, 0.5) is 8.78 Å². The summed E-state index contributed by atoms with van der Waals surface area (Å²) >= 11 is 0. The van der Waals surface area contributed by atoms with Gasteiger partial charge in [-0.15, -0.1) is 0 Å². The van der Waals surface area contributed by atoms with E-state index in [-0.39, 0.29) is 37.5 Å². The fourth-order valence-corrected chi connectivity index (χ4v) is 2.47. The van der Waals surface area contributed by atoms with Gasteiger partial charge in [-0.05, 0) is 18.6 Å². The maximum atomic E-state index is 13.7. The number of carbonyl (C=O) groups is 2. The van der Waals surface area contributed by atoms with Gasteiger partial charge in [-0.1, -0.05) is 0 Å². The number of nitrogens with one attached hydrogen (secondary N) is 1. The van der Waals surface area contributed by atoms with Gasteiger partial charge in [0.1, 0.15) is 23.3 Å². The number of likely N-dealkylation sites (tertiary alicyclic amines) is 1. The maximum Gasteiger partial charge on any atom is 0.256 e. The van der Waals surface area contributed by atoms with Crippen LogP contribution in [0, 0.1) is 11.6 Å². The zero-order valence-electron chi connectivity index (χ0n) is 12.6. The lowest BCUT2D eigenvalue weighted by Crippen LogP contribution is -2.61. The largest absolute Gasteiger partial charge is 0.388 e. The van der Waals surface area contributed by atoms with Gasteiger partial charge >= 0.3 is 0 Å². The summed E-state index contributed by atoms with van der Waals surface area (Å²) in [5.74, 6) is -2.81. The van der Waals surface area contributed by atoms with Gasteiger partial charge in [0.25, 0.3) is 5.91 Å². The molecule has 1 aliphatic rings. The summed E-state index contributed by atoms with van der Waals surface area (Å²) in [4.78, 5) is 24.4. The van der Waals surface area contributed by atoms with Crippen LogP contribution >= 0.6 is 0 Å². The number of piperidine rings is 1. The molecule has 2 amide bonds. The molecule has 0 aromatic heterocycles. The first-order valence-electron chi connectivity index (χ1n) is 7.12. The molecular weight excluding hydrogens is 310 g/mol. The number of aliphatic hydroxyl groups excluding tert-OH is 1. The first-order chi connectivity index (χ1) is 10.7. The number of carbonyl (C=O) groups excluding carboxylic acids is 2. The van der Waals surface area contributed by atoms with Crippen molar-refractivity contribution in [3.8, 4) is 0 Å². The molecule has 0 radical (unpaired) electrons. The molecule has 2 rings (SSSR count). The van der Waals surface area contributed by atoms with Crippen LogP contribution in [-0.4, -0.2) is 58.3 Å². The molecule has 0 aliphatic carbocycles. The van der Waals surface area contributed by atoms with E-state index in [4.69, 9.17) is 0 Å². The Kier molecular flexibility index (Phi) is 4.96. The van der Waals surface area contributed by atoms with E-state index < -0.39 is 29.2 Å². The SMILES string of the molecule is CC(=O)NC[C@]1(O)CCN(C(=O)c2ccc(F)cc2F)C[C@H]1O. The molecule has 1 aromatic carbocycles. The molecule has 1 aliphatic heterocycles. The highest BCUT2D eigenvalue weighted by molar-refractivity contribution is 5.94. The normalized spacial score (nSPS) is 24.4. The molecule has 8 heteroatoms. The van der Waals surface area contributed by atoms with Crippen molar-refractivity contribution in [1.82, 2.24) is 10.2 Å². The second kappa shape index (κ2) is 6.59. The average molecular weight is 328 g/mol. The fourth-order valence-electron chi connectivity index (χ4n) is 2.47. The smallest absolute Gasteiger partial charge is 0.256 e. The van der Waals surface area contributed by atoms with E-state index in [0.29, 0.717) is 6.07 Å². The lowest BCUT2D eigenvalue weighted by Gasteiger charge is -2.42. The van der Waals surface area contributed by atoms with Crippen LogP contribution in [0.15, 0.2) is 18.2 Å². The Morgan fingerprint density at radius 1 is 1.43 bits per heavy atom. The van der Waals surface area contributed by atoms with Crippen molar-refractivity contribution >= 4 is 11.8 Å². The molecule has 1 fully saturated rings. The third-order valence-corrected chi connectivity index (χ3v) is 3.92. The Bertz CT molecular complexity index is 625. The Morgan fingerprint density at radius 3 is 2.70 bits per heavy atom. The van der Waals surface area contributed by atoms with Crippen molar-refractivity contribution in [2.75, 3.05) is 19.6 Å². The van der Waals surface area contributed by atoms with Gasteiger partial charge in [-0.25, -0.2) is 8.78 Å². The number of rotatable bonds is 3. The molecule has 3 N–H and O–H groups in total. The van der Waals surface area contributed by atoms with E-state index >= 15 is 0 Å². The number of β-amino-alcohol motifs (C(OH)–C–C–N with tert-alkyl or cyclic N) is 1.